The second-order valence-corrected chi connectivity index (χ2v) is 8.78. The molecule has 2 rings (SSSR count). The second-order valence-electron chi connectivity index (χ2n) is 8.78. The predicted octanol–water partition coefficient (Wildman–Crippen LogP) is 2.53. The third-order valence-corrected chi connectivity index (χ3v) is 5.63. The number of amides is 3. The molecule has 8 nitrogen and oxygen atoms in total. The minimum atomic E-state index is -1.31. The molecule has 0 spiro atoms. The molecule has 190 valence electrons. The number of nitrogens with one attached hydrogen (secondary N) is 2. The molecule has 0 saturated heterocycles. The molecule has 3 unspecified atom stereocenters. The van der Waals surface area contributed by atoms with Gasteiger partial charge >= 0.3 is 0 Å². The maximum absolute atomic E-state index is 13.0. The summed E-state index contributed by atoms with van der Waals surface area (Å²) in [4.78, 5) is 39.8. The lowest BCUT2D eigenvalue weighted by molar-refractivity contribution is 0.00176. The summed E-state index contributed by atoms with van der Waals surface area (Å²) in [5, 5.41) is 26.1. The van der Waals surface area contributed by atoms with Crippen molar-refractivity contribution in [2.75, 3.05) is 19.6 Å². The van der Waals surface area contributed by atoms with Gasteiger partial charge in [0, 0.05) is 36.3 Å². The molecule has 0 bridgehead atoms. The van der Waals surface area contributed by atoms with Crippen LogP contribution >= 0.6 is 0 Å². The molecule has 0 aliphatic rings. The molecule has 0 aromatic heterocycles. The summed E-state index contributed by atoms with van der Waals surface area (Å²) in [6, 6.07) is 12.8. The largest absolute Gasteiger partial charge is 0.388 e. The first kappa shape index (κ1) is 28.0. The van der Waals surface area contributed by atoms with Crippen LogP contribution in [0.5, 0.6) is 0 Å². The van der Waals surface area contributed by atoms with E-state index in [2.05, 4.69) is 10.6 Å². The Morgan fingerprint density at radius 2 is 1.49 bits per heavy atom. The zero-order valence-electron chi connectivity index (χ0n) is 21.0. The van der Waals surface area contributed by atoms with Crippen LogP contribution in [0, 0.1) is 6.92 Å². The Hall–Kier alpha value is -3.23. The number of aliphatic hydroxyl groups excluding tert-OH is 2. The summed E-state index contributed by atoms with van der Waals surface area (Å²) in [5.74, 6) is -0.956. The van der Waals surface area contributed by atoms with Gasteiger partial charge in [-0.05, 0) is 62.6 Å². The van der Waals surface area contributed by atoms with Gasteiger partial charge in [-0.1, -0.05) is 32.0 Å². The number of carbonyl (C=O) groups excluding carboxylic acids is 3. The quantitative estimate of drug-likeness (QED) is 0.370. The van der Waals surface area contributed by atoms with Crippen LogP contribution in [0.3, 0.4) is 0 Å². The summed E-state index contributed by atoms with van der Waals surface area (Å²) in [5.41, 5.74) is 1.95. The van der Waals surface area contributed by atoms with Gasteiger partial charge in [-0.3, -0.25) is 14.4 Å². The average Bonchev–Trinajstić information content (AvgIpc) is 2.86. The van der Waals surface area contributed by atoms with Crippen molar-refractivity contribution in [2.24, 2.45) is 0 Å². The summed E-state index contributed by atoms with van der Waals surface area (Å²) in [6.07, 6.45) is -0.917. The van der Waals surface area contributed by atoms with E-state index in [1.165, 1.54) is 0 Å². The number of carbonyl (C=O) groups is 3. The number of rotatable bonds is 12. The van der Waals surface area contributed by atoms with E-state index in [1.54, 1.807) is 60.4 Å². The highest BCUT2D eigenvalue weighted by Gasteiger charge is 2.25. The molecule has 0 heterocycles. The highest BCUT2D eigenvalue weighted by molar-refractivity contribution is 6.00. The smallest absolute Gasteiger partial charge is 0.253 e. The van der Waals surface area contributed by atoms with E-state index in [-0.39, 0.29) is 18.4 Å². The molecular formula is C27H37N3O5. The maximum atomic E-state index is 13.0. The van der Waals surface area contributed by atoms with Crippen LogP contribution in [0.2, 0.25) is 0 Å². The van der Waals surface area contributed by atoms with E-state index in [9.17, 15) is 24.6 Å². The van der Waals surface area contributed by atoms with Crippen molar-refractivity contribution < 1.29 is 24.6 Å². The van der Waals surface area contributed by atoms with Crippen LogP contribution < -0.4 is 10.6 Å². The number of aryl methyl sites for hydroxylation is 1. The van der Waals surface area contributed by atoms with E-state index in [0.29, 0.717) is 29.8 Å². The first-order chi connectivity index (χ1) is 16.7. The Morgan fingerprint density at radius 1 is 0.886 bits per heavy atom. The van der Waals surface area contributed by atoms with Gasteiger partial charge in [-0.15, -0.1) is 0 Å². The zero-order chi connectivity index (χ0) is 26.0. The summed E-state index contributed by atoms with van der Waals surface area (Å²) in [7, 11) is 0. The van der Waals surface area contributed by atoms with Gasteiger partial charge in [0.05, 0.1) is 12.1 Å². The van der Waals surface area contributed by atoms with Crippen LogP contribution in [-0.4, -0.2) is 70.7 Å². The first-order valence-electron chi connectivity index (χ1n) is 12.1. The molecule has 0 saturated carbocycles. The van der Waals surface area contributed by atoms with Gasteiger partial charge in [-0.25, -0.2) is 0 Å². The normalized spacial score (nSPS) is 13.4. The first-order valence-corrected chi connectivity index (χ1v) is 12.1. The molecule has 8 heteroatoms. The number of nitrogens with zero attached hydrogens (tertiary/aromatic N) is 1. The fourth-order valence-electron chi connectivity index (χ4n) is 3.79. The van der Waals surface area contributed by atoms with Gasteiger partial charge in [0.25, 0.3) is 17.7 Å². The van der Waals surface area contributed by atoms with Crippen molar-refractivity contribution >= 4 is 17.7 Å². The summed E-state index contributed by atoms with van der Waals surface area (Å²) < 4.78 is 0. The zero-order valence-corrected chi connectivity index (χ0v) is 21.0. The van der Waals surface area contributed by atoms with Gasteiger partial charge in [0.1, 0.15) is 6.10 Å². The Kier molecular flexibility index (Phi) is 10.9. The van der Waals surface area contributed by atoms with Crippen molar-refractivity contribution in [3.63, 3.8) is 0 Å². The third kappa shape index (κ3) is 8.19. The molecule has 2 aromatic rings. The fraction of sp³-hybridized carbons (Fsp3) is 0.444. The lowest BCUT2D eigenvalue weighted by Gasteiger charge is -2.25. The van der Waals surface area contributed by atoms with Crippen LogP contribution in [0.1, 0.15) is 70.3 Å². The number of aliphatic hydroxyl groups is 2. The van der Waals surface area contributed by atoms with Crippen molar-refractivity contribution in [3.05, 3.63) is 70.8 Å². The Labute approximate surface area is 207 Å². The Bertz CT molecular complexity index is 990. The summed E-state index contributed by atoms with van der Waals surface area (Å²) in [6.45, 7) is 8.48. The van der Waals surface area contributed by atoms with E-state index >= 15 is 0 Å². The van der Waals surface area contributed by atoms with Crippen molar-refractivity contribution in [3.8, 4) is 0 Å². The highest BCUT2D eigenvalue weighted by atomic mass is 16.3. The molecule has 4 N–H and O–H groups in total. The third-order valence-electron chi connectivity index (χ3n) is 5.63. The van der Waals surface area contributed by atoms with Crippen LogP contribution in [0.15, 0.2) is 48.5 Å². The second kappa shape index (κ2) is 13.6. The molecule has 0 aliphatic carbocycles. The van der Waals surface area contributed by atoms with E-state index in [1.807, 2.05) is 20.8 Å². The van der Waals surface area contributed by atoms with Crippen molar-refractivity contribution in [1.29, 1.82) is 0 Å². The highest BCUT2D eigenvalue weighted by Crippen LogP contribution is 2.14. The number of hydrogen-bond donors (Lipinski definition) is 4. The van der Waals surface area contributed by atoms with Crippen LogP contribution in [0.4, 0.5) is 0 Å². The Morgan fingerprint density at radius 3 is 2.09 bits per heavy atom. The van der Waals surface area contributed by atoms with Crippen LogP contribution in [-0.2, 0) is 0 Å². The minimum absolute atomic E-state index is 0.120. The lowest BCUT2D eigenvalue weighted by atomic mass is 10.0. The van der Waals surface area contributed by atoms with Gasteiger partial charge in [0.2, 0.25) is 0 Å². The van der Waals surface area contributed by atoms with Crippen molar-refractivity contribution in [1.82, 2.24) is 15.5 Å². The van der Waals surface area contributed by atoms with Gasteiger partial charge < -0.3 is 25.7 Å². The molecule has 3 atom stereocenters. The van der Waals surface area contributed by atoms with Crippen molar-refractivity contribution in [2.45, 2.75) is 58.8 Å². The minimum Gasteiger partial charge on any atom is -0.388 e. The molecule has 3 amide bonds. The average molecular weight is 484 g/mol. The molecule has 0 radical (unpaired) electrons. The molecule has 0 fully saturated rings. The SMILES string of the molecule is CCCN(CCC)C(=O)c1cc(C)cc(C(=O)NCC(O)C(O)C(C)NC(=O)c2ccccc2)c1. The number of benzene rings is 2. The lowest BCUT2D eigenvalue weighted by Crippen LogP contribution is -2.50. The molecule has 2 aromatic carbocycles. The molecule has 0 aliphatic heterocycles. The van der Waals surface area contributed by atoms with E-state index in [0.717, 1.165) is 18.4 Å². The monoisotopic (exact) mass is 483 g/mol. The van der Waals surface area contributed by atoms with E-state index < -0.39 is 24.2 Å². The summed E-state index contributed by atoms with van der Waals surface area (Å²) >= 11 is 0. The van der Waals surface area contributed by atoms with Gasteiger partial charge in [-0.2, -0.15) is 0 Å². The maximum Gasteiger partial charge on any atom is 0.253 e. The van der Waals surface area contributed by atoms with Gasteiger partial charge in [0.15, 0.2) is 0 Å². The molecule has 35 heavy (non-hydrogen) atoms. The fourth-order valence-corrected chi connectivity index (χ4v) is 3.79. The molecular weight excluding hydrogens is 446 g/mol. The number of hydrogen-bond acceptors (Lipinski definition) is 5. The van der Waals surface area contributed by atoms with Crippen LogP contribution in [0.25, 0.3) is 0 Å². The standard InChI is InChI=1S/C27H37N3O5/c1-5-12-30(13-6-2)27(35)22-15-18(3)14-21(16-22)25(33)28-17-23(31)24(32)19(4)29-26(34)20-10-8-7-9-11-20/h7-11,14-16,19,23-24,31-32H,5-6,12-13,17H2,1-4H3,(H,28,33)(H,29,34). The van der Waals surface area contributed by atoms with E-state index in [4.69, 9.17) is 0 Å². The predicted molar refractivity (Wildman–Crippen MR) is 135 cm³/mol. The Balaban J connectivity index is 1.99. The topological polar surface area (TPSA) is 119 Å².